The van der Waals surface area contributed by atoms with E-state index in [9.17, 15) is 14.4 Å². The van der Waals surface area contributed by atoms with Crippen LogP contribution in [-0.4, -0.2) is 65.3 Å². The minimum atomic E-state index is -1.02. The zero-order valence-corrected chi connectivity index (χ0v) is 10.4. The van der Waals surface area contributed by atoms with E-state index in [2.05, 4.69) is 10.1 Å². The van der Waals surface area contributed by atoms with Gasteiger partial charge in [0.05, 0.1) is 6.54 Å². The molecule has 3 amide bonds. The average molecular weight is 277 g/mol. The van der Waals surface area contributed by atoms with E-state index < -0.39 is 24.1 Å². The SMILES string of the molecule is NC(=O)OCCNC(=O)N1CCSCC1C(=O)O. The fourth-order valence-corrected chi connectivity index (χ4v) is 2.50. The molecule has 1 atom stereocenters. The lowest BCUT2D eigenvalue weighted by Gasteiger charge is -2.32. The van der Waals surface area contributed by atoms with Crippen LogP contribution in [0.2, 0.25) is 0 Å². The highest BCUT2D eigenvalue weighted by atomic mass is 32.2. The molecule has 1 rings (SSSR count). The summed E-state index contributed by atoms with van der Waals surface area (Å²) in [5.41, 5.74) is 4.75. The molecule has 18 heavy (non-hydrogen) atoms. The molecule has 102 valence electrons. The molecule has 1 saturated heterocycles. The second kappa shape index (κ2) is 6.94. The maximum absolute atomic E-state index is 11.7. The Labute approximate surface area is 108 Å². The lowest BCUT2D eigenvalue weighted by atomic mass is 10.3. The largest absolute Gasteiger partial charge is 0.480 e. The number of carbonyl (C=O) groups is 3. The van der Waals surface area contributed by atoms with Gasteiger partial charge in [0.1, 0.15) is 12.6 Å². The number of nitrogens with zero attached hydrogens (tertiary/aromatic N) is 1. The van der Waals surface area contributed by atoms with Gasteiger partial charge in [0.15, 0.2) is 0 Å². The standard InChI is InChI=1S/C9H15N3O5S/c10-8(15)17-3-1-11-9(16)12-2-4-18-5-6(12)7(13)14/h6H,1-5H2,(H2,10,15)(H,11,16)(H,13,14). The van der Waals surface area contributed by atoms with Crippen molar-refractivity contribution in [3.05, 3.63) is 0 Å². The molecule has 0 spiro atoms. The van der Waals surface area contributed by atoms with E-state index in [0.29, 0.717) is 18.1 Å². The van der Waals surface area contributed by atoms with Crippen molar-refractivity contribution in [2.45, 2.75) is 6.04 Å². The molecule has 0 saturated carbocycles. The van der Waals surface area contributed by atoms with Crippen LogP contribution in [0.5, 0.6) is 0 Å². The molecule has 9 heteroatoms. The summed E-state index contributed by atoms with van der Waals surface area (Å²) in [6.07, 6.45) is -0.915. The van der Waals surface area contributed by atoms with E-state index in [1.807, 2.05) is 0 Å². The Morgan fingerprint density at radius 1 is 1.50 bits per heavy atom. The van der Waals surface area contributed by atoms with Crippen LogP contribution in [0.15, 0.2) is 0 Å². The third kappa shape index (κ3) is 4.32. The third-order valence-corrected chi connectivity index (χ3v) is 3.32. The van der Waals surface area contributed by atoms with Crippen molar-refractivity contribution in [1.82, 2.24) is 10.2 Å². The summed E-state index contributed by atoms with van der Waals surface area (Å²) < 4.78 is 4.44. The lowest BCUT2D eigenvalue weighted by molar-refractivity contribution is -0.141. The van der Waals surface area contributed by atoms with Crippen molar-refractivity contribution < 1.29 is 24.2 Å². The molecule has 0 radical (unpaired) electrons. The number of urea groups is 1. The number of thioether (sulfide) groups is 1. The Bertz CT molecular complexity index is 338. The first-order valence-electron chi connectivity index (χ1n) is 5.29. The number of carbonyl (C=O) groups excluding carboxylic acids is 2. The highest BCUT2D eigenvalue weighted by Gasteiger charge is 2.32. The third-order valence-electron chi connectivity index (χ3n) is 2.30. The normalized spacial score (nSPS) is 19.1. The summed E-state index contributed by atoms with van der Waals surface area (Å²) in [6.45, 7) is 0.434. The summed E-state index contributed by atoms with van der Waals surface area (Å²) in [4.78, 5) is 34.2. The van der Waals surface area contributed by atoms with E-state index in [0.717, 1.165) is 0 Å². The van der Waals surface area contributed by atoms with Crippen LogP contribution in [0.1, 0.15) is 0 Å². The van der Waals surface area contributed by atoms with E-state index in [4.69, 9.17) is 10.8 Å². The van der Waals surface area contributed by atoms with E-state index >= 15 is 0 Å². The molecule has 0 bridgehead atoms. The molecular weight excluding hydrogens is 262 g/mol. The summed E-state index contributed by atoms with van der Waals surface area (Å²) in [7, 11) is 0. The number of nitrogens with two attached hydrogens (primary N) is 1. The number of primary amides is 1. The number of carboxylic acid groups (broad SMARTS) is 1. The number of hydrogen-bond donors (Lipinski definition) is 3. The minimum Gasteiger partial charge on any atom is -0.480 e. The Balaban J connectivity index is 2.38. The second-order valence-electron chi connectivity index (χ2n) is 3.52. The van der Waals surface area contributed by atoms with Crippen molar-refractivity contribution in [2.75, 3.05) is 31.2 Å². The van der Waals surface area contributed by atoms with Crippen molar-refractivity contribution in [3.63, 3.8) is 0 Å². The predicted octanol–water partition coefficient (Wildman–Crippen LogP) is -0.707. The van der Waals surface area contributed by atoms with E-state index in [1.54, 1.807) is 0 Å². The van der Waals surface area contributed by atoms with Crippen molar-refractivity contribution in [2.24, 2.45) is 5.73 Å². The highest BCUT2D eigenvalue weighted by molar-refractivity contribution is 7.99. The highest BCUT2D eigenvalue weighted by Crippen LogP contribution is 2.16. The van der Waals surface area contributed by atoms with Crippen LogP contribution >= 0.6 is 11.8 Å². The number of carboxylic acids is 1. The van der Waals surface area contributed by atoms with Crippen LogP contribution < -0.4 is 11.1 Å². The van der Waals surface area contributed by atoms with Crippen molar-refractivity contribution >= 4 is 29.9 Å². The van der Waals surface area contributed by atoms with Gasteiger partial charge in [-0.25, -0.2) is 14.4 Å². The fraction of sp³-hybridized carbons (Fsp3) is 0.667. The monoisotopic (exact) mass is 277 g/mol. The summed E-state index contributed by atoms with van der Waals surface area (Å²) in [5.74, 6) is 0.0564. The number of rotatable bonds is 4. The van der Waals surface area contributed by atoms with Gasteiger partial charge in [0.2, 0.25) is 0 Å². The van der Waals surface area contributed by atoms with Gasteiger partial charge < -0.3 is 25.8 Å². The topological polar surface area (TPSA) is 122 Å². The van der Waals surface area contributed by atoms with Gasteiger partial charge in [0, 0.05) is 18.1 Å². The van der Waals surface area contributed by atoms with E-state index in [1.165, 1.54) is 16.7 Å². The molecule has 1 aliphatic heterocycles. The molecule has 0 aliphatic carbocycles. The molecule has 4 N–H and O–H groups in total. The number of amides is 3. The second-order valence-corrected chi connectivity index (χ2v) is 4.67. The van der Waals surface area contributed by atoms with Crippen molar-refractivity contribution in [3.8, 4) is 0 Å². The smallest absolute Gasteiger partial charge is 0.404 e. The van der Waals surface area contributed by atoms with Gasteiger partial charge in [-0.3, -0.25) is 0 Å². The maximum atomic E-state index is 11.7. The van der Waals surface area contributed by atoms with Crippen LogP contribution in [0.4, 0.5) is 9.59 Å². The molecule has 1 heterocycles. The van der Waals surface area contributed by atoms with Gasteiger partial charge in [-0.05, 0) is 0 Å². The van der Waals surface area contributed by atoms with Crippen molar-refractivity contribution in [1.29, 1.82) is 0 Å². The molecule has 1 aliphatic rings. The average Bonchev–Trinajstić information content (AvgIpc) is 2.34. The van der Waals surface area contributed by atoms with Gasteiger partial charge in [-0.1, -0.05) is 0 Å². The maximum Gasteiger partial charge on any atom is 0.404 e. The van der Waals surface area contributed by atoms with Crippen LogP contribution in [0.25, 0.3) is 0 Å². The number of hydrogen-bond acceptors (Lipinski definition) is 5. The Hall–Kier alpha value is -1.64. The first kappa shape index (κ1) is 14.4. The first-order valence-corrected chi connectivity index (χ1v) is 6.45. The molecule has 0 aromatic heterocycles. The molecular formula is C9H15N3O5S. The Morgan fingerprint density at radius 3 is 2.83 bits per heavy atom. The molecule has 0 aromatic carbocycles. The zero-order chi connectivity index (χ0) is 13.5. The summed E-state index contributed by atoms with van der Waals surface area (Å²) in [6, 6.07) is -1.29. The molecule has 1 unspecified atom stereocenters. The number of aliphatic carboxylic acids is 1. The number of ether oxygens (including phenoxy) is 1. The Kier molecular flexibility index (Phi) is 5.56. The Morgan fingerprint density at radius 2 is 2.22 bits per heavy atom. The predicted molar refractivity (Wildman–Crippen MR) is 64.4 cm³/mol. The van der Waals surface area contributed by atoms with Gasteiger partial charge >= 0.3 is 18.1 Å². The molecule has 8 nitrogen and oxygen atoms in total. The lowest BCUT2D eigenvalue weighted by Crippen LogP contribution is -2.54. The molecule has 1 fully saturated rings. The van der Waals surface area contributed by atoms with Gasteiger partial charge in [0.25, 0.3) is 0 Å². The number of nitrogens with one attached hydrogen (secondary N) is 1. The first-order chi connectivity index (χ1) is 8.52. The van der Waals surface area contributed by atoms with E-state index in [-0.39, 0.29) is 13.2 Å². The fourth-order valence-electron chi connectivity index (χ4n) is 1.46. The summed E-state index contributed by atoms with van der Waals surface area (Å²) >= 11 is 1.50. The molecule has 0 aromatic rings. The minimum absolute atomic E-state index is 0.0403. The van der Waals surface area contributed by atoms with Gasteiger partial charge in [-0.2, -0.15) is 11.8 Å². The van der Waals surface area contributed by atoms with Crippen LogP contribution in [-0.2, 0) is 9.53 Å². The zero-order valence-electron chi connectivity index (χ0n) is 9.63. The van der Waals surface area contributed by atoms with Crippen LogP contribution in [0, 0.1) is 0 Å². The quantitative estimate of drug-likeness (QED) is 0.584. The van der Waals surface area contributed by atoms with Gasteiger partial charge in [-0.15, -0.1) is 0 Å². The summed E-state index contributed by atoms with van der Waals surface area (Å²) in [5, 5.41) is 11.5. The van der Waals surface area contributed by atoms with Crippen LogP contribution in [0.3, 0.4) is 0 Å².